The Morgan fingerprint density at radius 3 is 3.04 bits per heavy atom. The molecule has 24 heavy (non-hydrogen) atoms. The second kappa shape index (κ2) is 6.36. The van der Waals surface area contributed by atoms with Gasteiger partial charge in [-0.15, -0.1) is 0 Å². The molecule has 2 aliphatic rings. The highest BCUT2D eigenvalue weighted by Crippen LogP contribution is 2.30. The number of anilines is 1. The van der Waals surface area contributed by atoms with E-state index >= 15 is 0 Å². The largest absolute Gasteiger partial charge is 0.310 e. The fourth-order valence-corrected chi connectivity index (χ4v) is 4.04. The summed E-state index contributed by atoms with van der Waals surface area (Å²) in [6.07, 6.45) is 6.51. The van der Waals surface area contributed by atoms with E-state index < -0.39 is 0 Å². The lowest BCUT2D eigenvalue weighted by molar-refractivity contribution is -0.123. The number of amides is 1. The number of rotatable bonds is 4. The van der Waals surface area contributed by atoms with Crippen LogP contribution in [0.2, 0.25) is 0 Å². The van der Waals surface area contributed by atoms with E-state index in [-0.39, 0.29) is 11.9 Å². The second-order valence-corrected chi connectivity index (χ2v) is 6.70. The predicted octanol–water partition coefficient (Wildman–Crippen LogP) is 1.72. The van der Waals surface area contributed by atoms with Crippen LogP contribution in [-0.4, -0.2) is 50.7 Å². The van der Waals surface area contributed by atoms with E-state index in [1.165, 1.54) is 5.56 Å². The van der Waals surface area contributed by atoms with Gasteiger partial charge in [-0.25, -0.2) is 4.98 Å². The summed E-state index contributed by atoms with van der Waals surface area (Å²) in [7, 11) is 0. The third-order valence-electron chi connectivity index (χ3n) is 5.30. The molecular formula is C18H23N5O. The van der Waals surface area contributed by atoms with Crippen molar-refractivity contribution in [1.29, 1.82) is 0 Å². The van der Waals surface area contributed by atoms with E-state index in [0.717, 1.165) is 44.6 Å². The van der Waals surface area contributed by atoms with Gasteiger partial charge in [-0.3, -0.25) is 14.4 Å². The summed E-state index contributed by atoms with van der Waals surface area (Å²) in [5.41, 5.74) is 2.36. The number of hydrogen-bond donors (Lipinski definition) is 0. The van der Waals surface area contributed by atoms with Gasteiger partial charge in [0.1, 0.15) is 12.7 Å². The lowest BCUT2D eigenvalue weighted by Gasteiger charge is -2.32. The van der Waals surface area contributed by atoms with Crippen molar-refractivity contribution in [2.45, 2.75) is 44.8 Å². The molecule has 0 bridgehead atoms. The molecule has 1 saturated heterocycles. The monoisotopic (exact) mass is 325 g/mol. The fourth-order valence-electron chi connectivity index (χ4n) is 4.04. The van der Waals surface area contributed by atoms with E-state index in [9.17, 15) is 4.79 Å². The quantitative estimate of drug-likeness (QED) is 0.859. The molecular weight excluding hydrogens is 302 g/mol. The minimum Gasteiger partial charge on any atom is -0.310 e. The van der Waals surface area contributed by atoms with Crippen molar-refractivity contribution < 1.29 is 4.79 Å². The Morgan fingerprint density at radius 2 is 2.21 bits per heavy atom. The zero-order valence-corrected chi connectivity index (χ0v) is 14.0. The van der Waals surface area contributed by atoms with Gasteiger partial charge >= 0.3 is 0 Å². The summed E-state index contributed by atoms with van der Waals surface area (Å²) in [5.74, 6) is 0.213. The van der Waals surface area contributed by atoms with Crippen LogP contribution in [0.1, 0.15) is 25.3 Å². The molecule has 1 amide bonds. The van der Waals surface area contributed by atoms with Crippen molar-refractivity contribution in [3.63, 3.8) is 0 Å². The van der Waals surface area contributed by atoms with Crippen molar-refractivity contribution in [2.75, 3.05) is 18.0 Å². The van der Waals surface area contributed by atoms with Crippen LogP contribution in [0.15, 0.2) is 36.9 Å². The molecule has 0 unspecified atom stereocenters. The Balaban J connectivity index is 1.48. The summed E-state index contributed by atoms with van der Waals surface area (Å²) in [6.45, 7) is 4.61. The Labute approximate surface area is 142 Å². The molecule has 3 heterocycles. The number of para-hydroxylation sites is 1. The van der Waals surface area contributed by atoms with Crippen LogP contribution in [0.3, 0.4) is 0 Å². The predicted molar refractivity (Wildman–Crippen MR) is 91.7 cm³/mol. The van der Waals surface area contributed by atoms with Crippen LogP contribution in [0.4, 0.5) is 5.69 Å². The van der Waals surface area contributed by atoms with Crippen molar-refractivity contribution in [2.24, 2.45) is 0 Å². The molecule has 0 radical (unpaired) electrons. The summed E-state index contributed by atoms with van der Waals surface area (Å²) in [4.78, 5) is 21.4. The molecule has 0 saturated carbocycles. The Bertz CT molecular complexity index is 714. The smallest absolute Gasteiger partial charge is 0.244 e. The third-order valence-corrected chi connectivity index (χ3v) is 5.30. The molecule has 0 spiro atoms. The molecule has 1 fully saturated rings. The highest BCUT2D eigenvalue weighted by molar-refractivity contribution is 5.98. The molecule has 0 N–H and O–H groups in total. The first-order valence-corrected chi connectivity index (χ1v) is 8.71. The van der Waals surface area contributed by atoms with Crippen LogP contribution >= 0.6 is 0 Å². The number of carbonyl (C=O) groups excluding carboxylic acids is 1. The molecule has 1 aromatic heterocycles. The molecule has 126 valence electrons. The normalized spacial score (nSPS) is 21.9. The number of aromatic nitrogens is 3. The molecule has 1 aromatic carbocycles. The van der Waals surface area contributed by atoms with E-state index in [2.05, 4.69) is 27.1 Å². The van der Waals surface area contributed by atoms with Crippen LogP contribution < -0.4 is 4.90 Å². The second-order valence-electron chi connectivity index (χ2n) is 6.70. The van der Waals surface area contributed by atoms with Gasteiger partial charge in [0.2, 0.25) is 5.91 Å². The lowest BCUT2D eigenvalue weighted by Crippen LogP contribution is -2.49. The topological polar surface area (TPSA) is 54.3 Å². The van der Waals surface area contributed by atoms with Crippen LogP contribution in [0.25, 0.3) is 0 Å². The lowest BCUT2D eigenvalue weighted by atomic mass is 10.1. The van der Waals surface area contributed by atoms with Crippen molar-refractivity contribution in [3.05, 3.63) is 42.5 Å². The zero-order chi connectivity index (χ0) is 16.5. The SMILES string of the molecule is C[C@@H](C(=O)N1CCc2ccccc21)N1CCC[C@H]1Cn1cncn1. The number of benzene rings is 1. The number of likely N-dealkylation sites (tertiary alicyclic amines) is 1. The van der Waals surface area contributed by atoms with E-state index in [1.807, 2.05) is 28.6 Å². The van der Waals surface area contributed by atoms with Crippen LogP contribution in [0, 0.1) is 0 Å². The number of carbonyl (C=O) groups is 1. The van der Waals surface area contributed by atoms with E-state index in [1.54, 1.807) is 12.7 Å². The molecule has 2 atom stereocenters. The number of hydrogen-bond acceptors (Lipinski definition) is 4. The van der Waals surface area contributed by atoms with Crippen LogP contribution in [0.5, 0.6) is 0 Å². The molecule has 6 heteroatoms. The van der Waals surface area contributed by atoms with E-state index in [0.29, 0.717) is 6.04 Å². The summed E-state index contributed by atoms with van der Waals surface area (Å²) >= 11 is 0. The van der Waals surface area contributed by atoms with Gasteiger partial charge in [-0.05, 0) is 44.4 Å². The number of fused-ring (bicyclic) bond motifs is 1. The average Bonchev–Trinajstić information content (AvgIpc) is 3.34. The molecule has 6 nitrogen and oxygen atoms in total. The van der Waals surface area contributed by atoms with Gasteiger partial charge in [0.05, 0.1) is 12.6 Å². The van der Waals surface area contributed by atoms with Gasteiger partial charge in [-0.1, -0.05) is 18.2 Å². The van der Waals surface area contributed by atoms with Crippen molar-refractivity contribution in [1.82, 2.24) is 19.7 Å². The minimum atomic E-state index is -0.104. The van der Waals surface area contributed by atoms with Gasteiger partial charge in [-0.2, -0.15) is 5.10 Å². The standard InChI is InChI=1S/C18H23N5O/c1-14(18(24)23-10-8-15-5-2-3-7-17(15)23)22-9-4-6-16(22)11-21-13-19-12-20-21/h2-3,5,7,12-14,16H,4,6,8-11H2,1H3/t14-,16-/m0/s1. The summed E-state index contributed by atoms with van der Waals surface area (Å²) in [5, 5.41) is 4.21. The fraction of sp³-hybridized carbons (Fsp3) is 0.500. The zero-order valence-electron chi connectivity index (χ0n) is 14.0. The first-order chi connectivity index (χ1) is 11.7. The minimum absolute atomic E-state index is 0.104. The van der Waals surface area contributed by atoms with Crippen molar-refractivity contribution >= 4 is 11.6 Å². The maximum absolute atomic E-state index is 13.1. The average molecular weight is 325 g/mol. The van der Waals surface area contributed by atoms with Crippen molar-refractivity contribution in [3.8, 4) is 0 Å². The first-order valence-electron chi connectivity index (χ1n) is 8.71. The summed E-state index contributed by atoms with van der Waals surface area (Å²) < 4.78 is 1.87. The molecule has 2 aromatic rings. The maximum Gasteiger partial charge on any atom is 0.244 e. The third kappa shape index (κ3) is 2.71. The van der Waals surface area contributed by atoms with Gasteiger partial charge in [0.25, 0.3) is 0 Å². The Hall–Kier alpha value is -2.21. The Morgan fingerprint density at radius 1 is 1.33 bits per heavy atom. The number of nitrogens with zero attached hydrogens (tertiary/aromatic N) is 5. The maximum atomic E-state index is 13.1. The summed E-state index contributed by atoms with van der Waals surface area (Å²) in [6, 6.07) is 8.49. The molecule has 0 aliphatic carbocycles. The van der Waals surface area contributed by atoms with E-state index in [4.69, 9.17) is 0 Å². The van der Waals surface area contributed by atoms with Gasteiger partial charge < -0.3 is 4.90 Å². The van der Waals surface area contributed by atoms with Crippen LogP contribution in [-0.2, 0) is 17.8 Å². The first kappa shape index (κ1) is 15.3. The highest BCUT2D eigenvalue weighted by Gasteiger charge is 2.36. The molecule has 2 aliphatic heterocycles. The highest BCUT2D eigenvalue weighted by atomic mass is 16.2. The van der Waals surface area contributed by atoms with Gasteiger partial charge in [0, 0.05) is 18.3 Å². The molecule has 4 rings (SSSR count). The van der Waals surface area contributed by atoms with Gasteiger partial charge in [0.15, 0.2) is 0 Å². The Kier molecular flexibility index (Phi) is 4.06.